The van der Waals surface area contributed by atoms with E-state index in [4.69, 9.17) is 0 Å². The molecule has 2 aromatic rings. The molecule has 0 unspecified atom stereocenters. The molecular formula is C16H22Ge2. The molecule has 2 aromatic carbocycles. The zero-order valence-electron chi connectivity index (χ0n) is 11.8. The van der Waals surface area contributed by atoms with Gasteiger partial charge in [0.05, 0.1) is 0 Å². The first-order valence-corrected chi connectivity index (χ1v) is 16.8. The molecule has 0 aliphatic carbocycles. The van der Waals surface area contributed by atoms with E-state index in [-0.39, 0.29) is 0 Å². The third kappa shape index (κ3) is 5.92. The Morgan fingerprint density at radius 1 is 0.500 bits per heavy atom. The van der Waals surface area contributed by atoms with Gasteiger partial charge in [0, 0.05) is 0 Å². The van der Waals surface area contributed by atoms with Gasteiger partial charge in [0.25, 0.3) is 0 Å². The van der Waals surface area contributed by atoms with Crippen molar-refractivity contribution < 1.29 is 0 Å². The van der Waals surface area contributed by atoms with Crippen molar-refractivity contribution in [3.63, 3.8) is 0 Å². The van der Waals surface area contributed by atoms with Gasteiger partial charge < -0.3 is 0 Å². The fraction of sp³-hybridized carbons (Fsp3) is 0.250. The van der Waals surface area contributed by atoms with Crippen molar-refractivity contribution in [1.82, 2.24) is 0 Å². The molecule has 0 amide bonds. The van der Waals surface area contributed by atoms with Gasteiger partial charge >= 0.3 is 121 Å². The van der Waals surface area contributed by atoms with E-state index < -0.39 is 28.7 Å². The van der Waals surface area contributed by atoms with Crippen molar-refractivity contribution in [3.8, 4) is 0 Å². The quantitative estimate of drug-likeness (QED) is 0.722. The number of benzene rings is 2. The summed E-state index contributed by atoms with van der Waals surface area (Å²) in [4.78, 5) is 0. The van der Waals surface area contributed by atoms with Gasteiger partial charge in [0.2, 0.25) is 0 Å². The van der Waals surface area contributed by atoms with Crippen molar-refractivity contribution in [2.45, 2.75) is 23.0 Å². The molecule has 0 atom stereocenters. The predicted molar refractivity (Wildman–Crippen MR) is 87.1 cm³/mol. The van der Waals surface area contributed by atoms with Crippen molar-refractivity contribution >= 4 is 37.5 Å². The maximum absolute atomic E-state index is 2.37. The Morgan fingerprint density at radius 3 is 0.944 bits per heavy atom. The molecule has 94 valence electrons. The molecule has 2 radical (unpaired) electrons. The van der Waals surface area contributed by atoms with Gasteiger partial charge in [-0.25, -0.2) is 0 Å². The molecule has 0 heterocycles. The summed E-state index contributed by atoms with van der Waals surface area (Å²) < 4.78 is 3.16. The average molecular weight is 360 g/mol. The molecule has 0 aromatic heterocycles. The number of rotatable bonds is 2. The van der Waals surface area contributed by atoms with Gasteiger partial charge in [0.15, 0.2) is 0 Å². The first-order valence-electron chi connectivity index (χ1n) is 6.32. The number of hydrogen-bond acceptors (Lipinski definition) is 0. The summed E-state index contributed by atoms with van der Waals surface area (Å²) in [6, 6.07) is 21.6. The van der Waals surface area contributed by atoms with E-state index in [9.17, 15) is 0 Å². The summed E-state index contributed by atoms with van der Waals surface area (Å²) in [5.41, 5.74) is 0. The molecule has 2 heteroatoms. The van der Waals surface area contributed by atoms with Crippen LogP contribution in [0.1, 0.15) is 0 Å². The van der Waals surface area contributed by atoms with Gasteiger partial charge in [0.1, 0.15) is 0 Å². The van der Waals surface area contributed by atoms with Crippen LogP contribution in [-0.2, 0) is 0 Å². The van der Waals surface area contributed by atoms with Crippen LogP contribution in [-0.4, -0.2) is 28.7 Å². The molecule has 18 heavy (non-hydrogen) atoms. The monoisotopic (exact) mass is 362 g/mol. The average Bonchev–Trinajstić information content (AvgIpc) is 2.41. The van der Waals surface area contributed by atoms with Crippen molar-refractivity contribution in [2.24, 2.45) is 0 Å². The minimum absolute atomic E-state index is 0.766. The summed E-state index contributed by atoms with van der Waals surface area (Å²) >= 11 is -1.53. The second-order valence-electron chi connectivity index (χ2n) is 4.73. The Hall–Kier alpha value is -0.474. The molecule has 0 saturated carbocycles. The van der Waals surface area contributed by atoms with Crippen LogP contribution >= 0.6 is 0 Å². The summed E-state index contributed by atoms with van der Waals surface area (Å²) in [5.74, 6) is 9.48. The fourth-order valence-electron chi connectivity index (χ4n) is 1.54. The molecule has 0 N–H and O–H groups in total. The van der Waals surface area contributed by atoms with Gasteiger partial charge in [-0.3, -0.25) is 0 Å². The van der Waals surface area contributed by atoms with Crippen LogP contribution in [0.5, 0.6) is 0 Å². The molecular weight excluding hydrogens is 337 g/mol. The van der Waals surface area contributed by atoms with Crippen LogP contribution in [0.3, 0.4) is 0 Å². The van der Waals surface area contributed by atoms with E-state index in [2.05, 4.69) is 83.7 Å². The number of hydrogen-bond donors (Lipinski definition) is 0. The SMILES string of the molecule is [CH3][Ge]([CH3])[c]1ccccc1.[CH3][Ge]([CH3])[c]1ccccc1. The first kappa shape index (κ1) is 15.6. The topological polar surface area (TPSA) is 0 Å². The Kier molecular flexibility index (Phi) is 7.44. The Morgan fingerprint density at radius 2 is 0.778 bits per heavy atom. The third-order valence-electron chi connectivity index (χ3n) is 2.70. The van der Waals surface area contributed by atoms with Gasteiger partial charge in [-0.15, -0.1) is 0 Å². The minimum atomic E-state index is -0.766. The third-order valence-corrected chi connectivity index (χ3v) is 8.95. The Labute approximate surface area is 121 Å². The van der Waals surface area contributed by atoms with Crippen LogP contribution < -0.4 is 8.79 Å². The molecule has 0 fully saturated rings. The molecule has 0 spiro atoms. The van der Waals surface area contributed by atoms with E-state index in [0.29, 0.717) is 0 Å². The Bertz CT molecular complexity index is 378. The standard InChI is InChI=1S/2C8H11Ge/c2*1-9(2)8-6-4-3-5-7-8/h2*3-7H,1-2H3. The van der Waals surface area contributed by atoms with Crippen LogP contribution in [0, 0.1) is 0 Å². The normalized spacial score (nSPS) is 10.1. The van der Waals surface area contributed by atoms with Gasteiger partial charge in [-0.05, 0) is 0 Å². The first-order chi connectivity index (χ1) is 8.61. The summed E-state index contributed by atoms with van der Waals surface area (Å²) in [5, 5.41) is 0. The summed E-state index contributed by atoms with van der Waals surface area (Å²) in [6.45, 7) is 0. The summed E-state index contributed by atoms with van der Waals surface area (Å²) in [7, 11) is 0. The fourth-order valence-corrected chi connectivity index (χ4v) is 5.15. The zero-order chi connectivity index (χ0) is 13.4. The van der Waals surface area contributed by atoms with Crippen LogP contribution in [0.15, 0.2) is 60.7 Å². The van der Waals surface area contributed by atoms with Crippen molar-refractivity contribution in [3.05, 3.63) is 60.7 Å². The van der Waals surface area contributed by atoms with E-state index in [0.717, 1.165) is 0 Å². The van der Waals surface area contributed by atoms with Crippen molar-refractivity contribution in [2.75, 3.05) is 0 Å². The predicted octanol–water partition coefficient (Wildman–Crippen LogP) is 3.30. The molecule has 0 saturated heterocycles. The van der Waals surface area contributed by atoms with Crippen LogP contribution in [0.4, 0.5) is 0 Å². The van der Waals surface area contributed by atoms with E-state index in [1.54, 1.807) is 8.79 Å². The zero-order valence-corrected chi connectivity index (χ0v) is 16.0. The molecule has 0 aliphatic heterocycles. The van der Waals surface area contributed by atoms with Crippen molar-refractivity contribution in [1.29, 1.82) is 0 Å². The molecule has 0 bridgehead atoms. The van der Waals surface area contributed by atoms with Crippen LogP contribution in [0.2, 0.25) is 23.0 Å². The van der Waals surface area contributed by atoms with E-state index in [1.807, 2.05) is 0 Å². The van der Waals surface area contributed by atoms with E-state index in [1.165, 1.54) is 0 Å². The van der Waals surface area contributed by atoms with Gasteiger partial charge in [-0.1, -0.05) is 0 Å². The van der Waals surface area contributed by atoms with Crippen LogP contribution in [0.25, 0.3) is 0 Å². The molecule has 2 rings (SSSR count). The van der Waals surface area contributed by atoms with E-state index >= 15 is 0 Å². The maximum atomic E-state index is 2.37. The van der Waals surface area contributed by atoms with Gasteiger partial charge in [-0.2, -0.15) is 0 Å². The second-order valence-corrected chi connectivity index (χ2v) is 15.5. The second kappa shape index (κ2) is 8.60. The molecule has 0 nitrogen and oxygen atoms in total. The molecule has 0 aliphatic rings. The Balaban J connectivity index is 0.000000180. The summed E-state index contributed by atoms with van der Waals surface area (Å²) in [6.07, 6.45) is 0.